The lowest BCUT2D eigenvalue weighted by atomic mass is 9.94. The number of aliphatic carboxylic acids is 1. The smallest absolute Gasteiger partial charge is 0.303 e. The second-order valence-corrected chi connectivity index (χ2v) is 8.65. The van der Waals surface area contributed by atoms with E-state index in [0.29, 0.717) is 50.5 Å². The Kier molecular flexibility index (Phi) is 8.11. The molecule has 34 heavy (non-hydrogen) atoms. The van der Waals surface area contributed by atoms with Gasteiger partial charge in [-0.2, -0.15) is 0 Å². The van der Waals surface area contributed by atoms with Crippen molar-refractivity contribution in [2.75, 3.05) is 18.1 Å². The summed E-state index contributed by atoms with van der Waals surface area (Å²) in [5, 5.41) is 8.75. The number of nitrogens with zero attached hydrogens (tertiary/aromatic N) is 2. The number of amides is 2. The van der Waals surface area contributed by atoms with Crippen molar-refractivity contribution in [3.05, 3.63) is 48.2 Å². The lowest BCUT2D eigenvalue weighted by molar-refractivity contribution is -0.141. The number of benzene rings is 1. The molecule has 0 bridgehead atoms. The van der Waals surface area contributed by atoms with Crippen LogP contribution in [0.25, 0.3) is 0 Å². The van der Waals surface area contributed by atoms with E-state index in [2.05, 4.69) is 0 Å². The van der Waals surface area contributed by atoms with Crippen LogP contribution >= 0.6 is 0 Å². The maximum absolute atomic E-state index is 13.6. The number of para-hydroxylation sites is 1. The van der Waals surface area contributed by atoms with Crippen molar-refractivity contribution < 1.29 is 31.4 Å². The van der Waals surface area contributed by atoms with Gasteiger partial charge >= 0.3 is 5.97 Å². The van der Waals surface area contributed by atoms with Crippen LogP contribution in [-0.4, -0.2) is 47.0 Å². The fourth-order valence-electron chi connectivity index (χ4n) is 3.89. The zero-order valence-corrected chi connectivity index (χ0v) is 19.7. The molecule has 3 rings (SSSR count). The zero-order valence-electron chi connectivity index (χ0n) is 21.7. The van der Waals surface area contributed by atoms with Crippen LogP contribution in [0.1, 0.15) is 60.7 Å². The summed E-state index contributed by atoms with van der Waals surface area (Å²) < 4.78 is 29.1. The number of piperidine rings is 1. The second-order valence-electron chi connectivity index (χ2n) is 8.65. The molecule has 1 aliphatic heterocycles. The lowest BCUT2D eigenvalue weighted by Gasteiger charge is -2.35. The van der Waals surface area contributed by atoms with E-state index >= 15 is 0 Å². The highest BCUT2D eigenvalue weighted by Gasteiger charge is 2.35. The number of carbonyl (C=O) groups excluding carboxylic acids is 2. The van der Waals surface area contributed by atoms with Gasteiger partial charge in [0.15, 0.2) is 0 Å². The number of hydrogen-bond donors (Lipinski definition) is 1. The Morgan fingerprint density at radius 3 is 2.71 bits per heavy atom. The van der Waals surface area contributed by atoms with E-state index in [1.54, 1.807) is 50.2 Å². The number of ether oxygens (including phenoxy) is 1. The summed E-state index contributed by atoms with van der Waals surface area (Å²) in [6.07, 6.45) is 3.84. The highest BCUT2D eigenvalue weighted by molar-refractivity contribution is 5.96. The molecule has 2 aromatic rings. The first-order valence-corrected chi connectivity index (χ1v) is 11.7. The molecular formula is C26H34N2O6. The Labute approximate surface area is 203 Å². The summed E-state index contributed by atoms with van der Waals surface area (Å²) in [4.78, 5) is 39.7. The molecule has 1 fully saturated rings. The van der Waals surface area contributed by atoms with Gasteiger partial charge in [0.1, 0.15) is 5.75 Å². The van der Waals surface area contributed by atoms with Gasteiger partial charge in [-0.05, 0) is 51.7 Å². The normalized spacial score (nSPS) is 17.3. The molecule has 184 valence electrons. The maximum Gasteiger partial charge on any atom is 0.303 e. The SMILES string of the molecule is [2H]C([2H])(c1ccccc1OCCCCCC(=O)O)N(C(=O)C1CCN(c2ccco2)C(=O)C1)C(C)C. The fourth-order valence-corrected chi connectivity index (χ4v) is 3.89. The Balaban J connectivity index is 1.71. The maximum atomic E-state index is 13.6. The first-order valence-electron chi connectivity index (χ1n) is 12.7. The Morgan fingerprint density at radius 1 is 1.24 bits per heavy atom. The molecule has 8 nitrogen and oxygen atoms in total. The third-order valence-electron chi connectivity index (χ3n) is 5.72. The predicted octanol–water partition coefficient (Wildman–Crippen LogP) is 4.48. The molecular weight excluding hydrogens is 436 g/mol. The van der Waals surface area contributed by atoms with Gasteiger partial charge in [0.05, 0.1) is 15.6 Å². The van der Waals surface area contributed by atoms with Gasteiger partial charge in [-0.1, -0.05) is 18.2 Å². The van der Waals surface area contributed by atoms with Gasteiger partial charge in [-0.3, -0.25) is 19.3 Å². The van der Waals surface area contributed by atoms with E-state index in [9.17, 15) is 14.4 Å². The number of carboxylic acids is 1. The molecule has 1 aliphatic rings. The molecule has 0 aliphatic carbocycles. The van der Waals surface area contributed by atoms with Gasteiger partial charge in [0.2, 0.25) is 17.7 Å². The van der Waals surface area contributed by atoms with E-state index in [1.807, 2.05) is 0 Å². The molecule has 0 spiro atoms. The Hall–Kier alpha value is -3.29. The van der Waals surface area contributed by atoms with Crippen LogP contribution in [0.3, 0.4) is 0 Å². The molecule has 1 saturated heterocycles. The van der Waals surface area contributed by atoms with E-state index in [1.165, 1.54) is 16.1 Å². The lowest BCUT2D eigenvalue weighted by Crippen LogP contribution is -2.47. The van der Waals surface area contributed by atoms with E-state index in [-0.39, 0.29) is 24.3 Å². The second kappa shape index (κ2) is 12.3. The molecule has 0 saturated carbocycles. The quantitative estimate of drug-likeness (QED) is 0.457. The molecule has 8 heteroatoms. The summed E-state index contributed by atoms with van der Waals surface area (Å²) in [5.41, 5.74) is 0.233. The molecule has 1 aromatic heterocycles. The van der Waals surface area contributed by atoms with Crippen molar-refractivity contribution in [2.45, 2.75) is 64.9 Å². The fraction of sp³-hybridized carbons (Fsp3) is 0.500. The summed E-state index contributed by atoms with van der Waals surface area (Å²) >= 11 is 0. The average molecular weight is 473 g/mol. The highest BCUT2D eigenvalue weighted by atomic mass is 16.5. The number of hydrogen-bond acceptors (Lipinski definition) is 5. The van der Waals surface area contributed by atoms with E-state index in [0.717, 1.165) is 0 Å². The molecule has 1 aromatic carbocycles. The predicted molar refractivity (Wildman–Crippen MR) is 128 cm³/mol. The van der Waals surface area contributed by atoms with Gasteiger partial charge in [0, 0.05) is 49.5 Å². The van der Waals surface area contributed by atoms with Crippen LogP contribution < -0.4 is 9.64 Å². The number of anilines is 1. The monoisotopic (exact) mass is 472 g/mol. The molecule has 2 amide bonds. The van der Waals surface area contributed by atoms with Crippen molar-refractivity contribution in [3.8, 4) is 5.75 Å². The zero-order chi connectivity index (χ0) is 26.3. The van der Waals surface area contributed by atoms with E-state index < -0.39 is 30.3 Å². The average Bonchev–Trinajstić information content (AvgIpc) is 3.35. The van der Waals surface area contributed by atoms with Crippen LogP contribution in [-0.2, 0) is 20.9 Å². The topological polar surface area (TPSA) is 100 Å². The van der Waals surface area contributed by atoms with E-state index in [4.69, 9.17) is 17.0 Å². The number of furan rings is 1. The highest BCUT2D eigenvalue weighted by Crippen LogP contribution is 2.28. The first kappa shape index (κ1) is 22.5. The summed E-state index contributed by atoms with van der Waals surface area (Å²) in [6, 6.07) is 9.64. The largest absolute Gasteiger partial charge is 0.493 e. The minimum Gasteiger partial charge on any atom is -0.493 e. The minimum atomic E-state index is -2.17. The molecule has 1 unspecified atom stereocenters. The Bertz CT molecular complexity index is 1040. The minimum absolute atomic E-state index is 0.0205. The van der Waals surface area contributed by atoms with Crippen LogP contribution in [0, 0.1) is 5.92 Å². The molecule has 0 radical (unpaired) electrons. The third kappa shape index (κ3) is 6.85. The van der Waals surface area contributed by atoms with Crippen LogP contribution in [0.5, 0.6) is 5.75 Å². The summed E-state index contributed by atoms with van der Waals surface area (Å²) in [6.45, 7) is 1.95. The van der Waals surface area contributed by atoms with Gasteiger partial charge < -0.3 is 19.2 Å². The molecule has 1 N–H and O–H groups in total. The molecule has 2 heterocycles. The van der Waals surface area contributed by atoms with Crippen molar-refractivity contribution in [1.82, 2.24) is 4.90 Å². The van der Waals surface area contributed by atoms with Crippen molar-refractivity contribution in [2.24, 2.45) is 5.92 Å². The number of unbranched alkanes of at least 4 members (excludes halogenated alkanes) is 2. The van der Waals surface area contributed by atoms with Crippen LogP contribution in [0.2, 0.25) is 0 Å². The van der Waals surface area contributed by atoms with Crippen LogP contribution in [0.4, 0.5) is 5.88 Å². The van der Waals surface area contributed by atoms with Crippen molar-refractivity contribution in [1.29, 1.82) is 0 Å². The van der Waals surface area contributed by atoms with Crippen molar-refractivity contribution >= 4 is 23.7 Å². The Morgan fingerprint density at radius 2 is 2.03 bits per heavy atom. The molecule has 1 atom stereocenters. The first-order chi connectivity index (χ1) is 17.1. The van der Waals surface area contributed by atoms with Crippen LogP contribution in [0.15, 0.2) is 47.1 Å². The van der Waals surface area contributed by atoms with Gasteiger partial charge in [0.25, 0.3) is 0 Å². The van der Waals surface area contributed by atoms with Crippen molar-refractivity contribution in [3.63, 3.8) is 0 Å². The van der Waals surface area contributed by atoms with Gasteiger partial charge in [-0.15, -0.1) is 0 Å². The van der Waals surface area contributed by atoms with Gasteiger partial charge in [-0.25, -0.2) is 0 Å². The summed E-state index contributed by atoms with van der Waals surface area (Å²) in [5.74, 6) is -1.33. The number of carbonyl (C=O) groups is 3. The standard InChI is InChI=1S/C26H34N2O6/c1-19(2)28(26(32)20-13-14-27(23(29)17-20)24-11-8-16-34-24)18-21-9-5-6-10-22(21)33-15-7-3-4-12-25(30)31/h5-6,8-11,16,19-20H,3-4,7,12-15,17-18H2,1-2H3,(H,30,31)/i18D2. The number of carboxylic acid groups (broad SMARTS) is 1. The third-order valence-corrected chi connectivity index (χ3v) is 5.72. The number of rotatable bonds is 12. The summed E-state index contributed by atoms with van der Waals surface area (Å²) in [7, 11) is 0.